The number of amides is 4. The molecule has 1 heterocycles. The van der Waals surface area contributed by atoms with Crippen LogP contribution >= 0.6 is 11.6 Å². The van der Waals surface area contributed by atoms with Crippen LogP contribution in [0.3, 0.4) is 0 Å². The van der Waals surface area contributed by atoms with Crippen LogP contribution in [-0.2, 0) is 32.0 Å². The van der Waals surface area contributed by atoms with Crippen LogP contribution in [0.1, 0.15) is 36.1 Å². The van der Waals surface area contributed by atoms with Crippen molar-refractivity contribution in [2.24, 2.45) is 11.5 Å². The van der Waals surface area contributed by atoms with Crippen LogP contribution < -0.4 is 16.8 Å². The van der Waals surface area contributed by atoms with Crippen molar-refractivity contribution in [3.8, 4) is 0 Å². The van der Waals surface area contributed by atoms with Crippen LogP contribution in [0.25, 0.3) is 10.8 Å². The van der Waals surface area contributed by atoms with Crippen molar-refractivity contribution < 1.29 is 19.2 Å². The molecular weight excluding hydrogens is 590 g/mol. The summed E-state index contributed by atoms with van der Waals surface area (Å²) in [5.41, 5.74) is 14.1. The maximum Gasteiger partial charge on any atom is 0.250 e. The van der Waals surface area contributed by atoms with Gasteiger partial charge in [0, 0.05) is 29.7 Å². The second-order valence-electron chi connectivity index (χ2n) is 11.3. The molecule has 0 bridgehead atoms. The minimum Gasteiger partial charge on any atom is -0.368 e. The molecule has 5 N–H and O–H groups in total. The summed E-state index contributed by atoms with van der Waals surface area (Å²) in [5, 5.41) is 5.12. The van der Waals surface area contributed by atoms with Gasteiger partial charge in [0.1, 0.15) is 12.1 Å². The van der Waals surface area contributed by atoms with Crippen LogP contribution in [0.2, 0.25) is 5.02 Å². The monoisotopic (exact) mass is 625 g/mol. The lowest BCUT2D eigenvalue weighted by molar-refractivity contribution is -0.148. The van der Waals surface area contributed by atoms with E-state index in [9.17, 15) is 19.2 Å². The van der Waals surface area contributed by atoms with E-state index in [0.29, 0.717) is 28.3 Å². The lowest BCUT2D eigenvalue weighted by atomic mass is 9.96. The summed E-state index contributed by atoms with van der Waals surface area (Å²) in [7, 11) is 0. The van der Waals surface area contributed by atoms with Crippen LogP contribution in [0.4, 0.5) is 5.69 Å². The van der Waals surface area contributed by atoms with Gasteiger partial charge in [-0.3, -0.25) is 19.2 Å². The highest BCUT2D eigenvalue weighted by molar-refractivity contribution is 6.30. The summed E-state index contributed by atoms with van der Waals surface area (Å²) in [6.45, 7) is 2.01. The number of halogens is 1. The topological polar surface area (TPSA) is 139 Å². The Morgan fingerprint density at radius 3 is 2.40 bits per heavy atom. The van der Waals surface area contributed by atoms with Gasteiger partial charge >= 0.3 is 0 Å². The van der Waals surface area contributed by atoms with Crippen molar-refractivity contribution in [2.75, 3.05) is 18.4 Å². The Kier molecular flexibility index (Phi) is 9.80. The predicted molar refractivity (Wildman–Crippen MR) is 175 cm³/mol. The second-order valence-corrected chi connectivity index (χ2v) is 11.8. The zero-order valence-electron chi connectivity index (χ0n) is 25.0. The van der Waals surface area contributed by atoms with Gasteiger partial charge in [0.25, 0.3) is 5.91 Å². The molecule has 0 aromatic heterocycles. The van der Waals surface area contributed by atoms with Gasteiger partial charge in [-0.05, 0) is 65.1 Å². The second kappa shape index (κ2) is 13.9. The van der Waals surface area contributed by atoms with Crippen molar-refractivity contribution in [3.63, 3.8) is 0 Å². The van der Waals surface area contributed by atoms with E-state index >= 15 is 0 Å². The molecule has 1 saturated heterocycles. The molecule has 4 amide bonds. The summed E-state index contributed by atoms with van der Waals surface area (Å²) in [5.74, 6) is -1.58. The third kappa shape index (κ3) is 7.16. The molecule has 0 saturated carbocycles. The Bertz CT molecular complexity index is 1720. The van der Waals surface area contributed by atoms with Crippen molar-refractivity contribution >= 4 is 51.7 Å². The lowest BCUT2D eigenvalue weighted by Gasteiger charge is -2.36. The zero-order valence-corrected chi connectivity index (χ0v) is 25.7. The first-order valence-electron chi connectivity index (χ1n) is 14.9. The quantitative estimate of drug-likeness (QED) is 0.256. The van der Waals surface area contributed by atoms with E-state index in [1.807, 2.05) is 49.4 Å². The third-order valence-corrected chi connectivity index (χ3v) is 8.52. The maximum atomic E-state index is 14.6. The number of nitrogens with two attached hydrogens (primary N) is 2. The first-order chi connectivity index (χ1) is 21.7. The van der Waals surface area contributed by atoms with E-state index in [2.05, 4.69) is 5.32 Å². The largest absolute Gasteiger partial charge is 0.368 e. The first kappa shape index (κ1) is 31.7. The van der Waals surface area contributed by atoms with Gasteiger partial charge in [0.05, 0.1) is 13.0 Å². The van der Waals surface area contributed by atoms with Crippen LogP contribution in [0.5, 0.6) is 0 Å². The van der Waals surface area contributed by atoms with Gasteiger partial charge in [-0.25, -0.2) is 0 Å². The number of carbonyl (C=O) groups excluding carboxylic acids is 4. The number of nitrogens with zero attached hydrogens (tertiary/aromatic N) is 2. The third-order valence-electron chi connectivity index (χ3n) is 8.29. The highest BCUT2D eigenvalue weighted by Gasteiger charge is 2.43. The van der Waals surface area contributed by atoms with Crippen molar-refractivity contribution in [1.82, 2.24) is 9.80 Å². The average molecular weight is 626 g/mol. The minimum absolute atomic E-state index is 0.0229. The lowest BCUT2D eigenvalue weighted by Crippen LogP contribution is -2.52. The highest BCUT2D eigenvalue weighted by Crippen LogP contribution is 2.33. The molecule has 232 valence electrons. The first-order valence-corrected chi connectivity index (χ1v) is 15.3. The molecule has 9 nitrogen and oxygen atoms in total. The number of hydrogen-bond donors (Lipinski definition) is 3. The Labute approximate surface area is 267 Å². The number of anilines is 1. The molecule has 0 spiro atoms. The average Bonchev–Trinajstić information content (AvgIpc) is 3.16. The molecule has 0 radical (unpaired) electrons. The fourth-order valence-electron chi connectivity index (χ4n) is 6.01. The number of rotatable bonds is 9. The van der Waals surface area contributed by atoms with E-state index in [4.69, 9.17) is 23.1 Å². The van der Waals surface area contributed by atoms with Crippen LogP contribution in [0.15, 0.2) is 91.0 Å². The fraction of sp³-hybridized carbons (Fsp3) is 0.257. The van der Waals surface area contributed by atoms with Crippen molar-refractivity contribution in [1.29, 1.82) is 0 Å². The Morgan fingerprint density at radius 1 is 0.978 bits per heavy atom. The number of fused-ring (bicyclic) bond motifs is 1. The molecule has 5 rings (SSSR count). The van der Waals surface area contributed by atoms with E-state index in [1.54, 1.807) is 53.4 Å². The highest BCUT2D eigenvalue weighted by atomic mass is 35.5. The van der Waals surface area contributed by atoms with Gasteiger partial charge < -0.3 is 26.6 Å². The summed E-state index contributed by atoms with van der Waals surface area (Å²) in [6, 6.07) is 25.3. The zero-order chi connectivity index (χ0) is 32.1. The smallest absolute Gasteiger partial charge is 0.250 e. The molecule has 1 aliphatic heterocycles. The number of carbonyl (C=O) groups is 4. The molecule has 10 heteroatoms. The van der Waals surface area contributed by atoms with E-state index < -0.39 is 18.0 Å². The van der Waals surface area contributed by atoms with Crippen molar-refractivity contribution in [2.45, 2.75) is 44.3 Å². The maximum absolute atomic E-state index is 14.6. The molecule has 45 heavy (non-hydrogen) atoms. The molecule has 4 aromatic rings. The number of nitrogens with one attached hydrogen (secondary N) is 1. The number of benzene rings is 4. The minimum atomic E-state index is -1.02. The van der Waals surface area contributed by atoms with Gasteiger partial charge in [-0.15, -0.1) is 0 Å². The molecule has 1 aliphatic rings. The van der Waals surface area contributed by atoms with Gasteiger partial charge in [0.15, 0.2) is 0 Å². The molecule has 4 aromatic carbocycles. The van der Waals surface area contributed by atoms with E-state index in [0.717, 1.165) is 16.3 Å². The Hall–Kier alpha value is -4.73. The van der Waals surface area contributed by atoms with E-state index in [-0.39, 0.29) is 49.7 Å². The number of hydrogen-bond acceptors (Lipinski definition) is 5. The summed E-state index contributed by atoms with van der Waals surface area (Å²) in [6.07, 6.45) is 0.701. The Balaban J connectivity index is 1.48. The van der Waals surface area contributed by atoms with Gasteiger partial charge in [0.2, 0.25) is 17.7 Å². The summed E-state index contributed by atoms with van der Waals surface area (Å²) >= 11 is 6.38. The van der Waals surface area contributed by atoms with Crippen molar-refractivity contribution in [3.05, 3.63) is 113 Å². The van der Waals surface area contributed by atoms with Gasteiger partial charge in [-0.1, -0.05) is 78.3 Å². The SMILES string of the molecule is C[C@@H]1CCN([C@H](Cc2cccc3ccccc23)C(N)=O)C(=O)[C@H](c2cccc(Cl)c2)N1C(=O)Cc1ccc(NC(=O)CN)cc1. The molecule has 0 unspecified atom stereocenters. The fourth-order valence-corrected chi connectivity index (χ4v) is 6.21. The summed E-state index contributed by atoms with van der Waals surface area (Å²) in [4.78, 5) is 56.5. The Morgan fingerprint density at radius 2 is 1.69 bits per heavy atom. The van der Waals surface area contributed by atoms with Crippen LogP contribution in [0, 0.1) is 0 Å². The van der Waals surface area contributed by atoms with Crippen LogP contribution in [-0.4, -0.2) is 58.6 Å². The molecule has 1 fully saturated rings. The normalized spacial score (nSPS) is 17.5. The molecule has 0 aliphatic carbocycles. The molecule has 3 atom stereocenters. The number of primary amides is 1. The standard InChI is InChI=1S/C35H36ClN5O4/c1-22-16-17-40(30(34(38)44)20-25-8-4-7-24-6-2-3-11-29(24)25)35(45)33(26-9-5-10-27(36)19-26)41(22)32(43)18-23-12-14-28(15-13-23)39-31(42)21-37/h2-15,19,22,30,33H,16-18,20-21,37H2,1H3,(H2,38,44)(H,39,42)/t22-,30-,33+/m1/s1. The summed E-state index contributed by atoms with van der Waals surface area (Å²) < 4.78 is 0. The molecular formula is C35H36ClN5O4. The van der Waals surface area contributed by atoms with E-state index in [1.165, 1.54) is 4.90 Å². The van der Waals surface area contributed by atoms with Gasteiger partial charge in [-0.2, -0.15) is 0 Å². The predicted octanol–water partition coefficient (Wildman–Crippen LogP) is 4.22.